The number of nitriles is 1. The van der Waals surface area contributed by atoms with Crippen molar-refractivity contribution in [3.63, 3.8) is 0 Å². The topological polar surface area (TPSA) is 110 Å². The number of fused-ring (bicyclic) bond motifs is 1. The summed E-state index contributed by atoms with van der Waals surface area (Å²) < 4.78 is 20.7. The molecule has 1 amide bonds. The number of rotatable bonds is 4. The molecule has 0 unspecified atom stereocenters. The highest BCUT2D eigenvalue weighted by molar-refractivity contribution is 6.00. The molecular weight excluding hydrogens is 351 g/mol. The van der Waals surface area contributed by atoms with E-state index in [1.165, 1.54) is 28.8 Å². The number of ether oxygens (including phenoxy) is 1. The second-order valence-corrected chi connectivity index (χ2v) is 5.59. The van der Waals surface area contributed by atoms with Crippen molar-refractivity contribution < 1.29 is 13.9 Å². The zero-order valence-corrected chi connectivity index (χ0v) is 14.1. The van der Waals surface area contributed by atoms with Gasteiger partial charge in [-0.15, -0.1) is 0 Å². The summed E-state index contributed by atoms with van der Waals surface area (Å²) in [5.74, 6) is -2.07. The van der Waals surface area contributed by atoms with Crippen molar-refractivity contribution in [1.29, 1.82) is 5.26 Å². The van der Waals surface area contributed by atoms with Gasteiger partial charge in [-0.2, -0.15) is 10.2 Å². The van der Waals surface area contributed by atoms with Crippen molar-refractivity contribution >= 4 is 17.6 Å². The van der Waals surface area contributed by atoms with Gasteiger partial charge in [-0.05, 0) is 36.8 Å². The van der Waals surface area contributed by atoms with Crippen molar-refractivity contribution in [3.05, 3.63) is 75.5 Å². The van der Waals surface area contributed by atoms with Crippen LogP contribution in [0.15, 0.2) is 53.0 Å². The molecule has 0 aliphatic carbocycles. The van der Waals surface area contributed by atoms with E-state index in [1.54, 1.807) is 31.2 Å². The molecule has 2 N–H and O–H groups in total. The first-order chi connectivity index (χ1) is 12.9. The molecule has 7 nitrogen and oxygen atoms in total. The highest BCUT2D eigenvalue weighted by Gasteiger charge is 2.18. The van der Waals surface area contributed by atoms with E-state index in [0.29, 0.717) is 11.2 Å². The third-order valence-corrected chi connectivity index (χ3v) is 3.77. The molecule has 0 atom stereocenters. The molecule has 0 saturated heterocycles. The van der Waals surface area contributed by atoms with Gasteiger partial charge >= 0.3 is 0 Å². The van der Waals surface area contributed by atoms with E-state index in [1.807, 2.05) is 0 Å². The largest absolute Gasteiger partial charge is 0.435 e. The molecule has 1 aromatic carbocycles. The minimum atomic E-state index is -1.01. The minimum absolute atomic E-state index is 0.158. The van der Waals surface area contributed by atoms with Crippen molar-refractivity contribution in [2.24, 2.45) is 5.73 Å². The van der Waals surface area contributed by atoms with Gasteiger partial charge in [0.05, 0.1) is 0 Å². The van der Waals surface area contributed by atoms with Gasteiger partial charge in [-0.25, -0.2) is 4.39 Å². The standard InChI is InChI=1S/C19H13FN4O3/c1-11-5-4-8-24-17(11)23-18(27-15-7-3-2-6-14(15)20)13(19(24)26)9-12(10-21)16(22)25/h2-9H,1H3,(H2,22,25)/b12-9+. The second kappa shape index (κ2) is 7.09. The van der Waals surface area contributed by atoms with E-state index in [2.05, 4.69) is 4.98 Å². The lowest BCUT2D eigenvalue weighted by Crippen LogP contribution is -2.20. The fourth-order valence-electron chi connectivity index (χ4n) is 2.43. The summed E-state index contributed by atoms with van der Waals surface area (Å²) >= 11 is 0. The van der Waals surface area contributed by atoms with E-state index >= 15 is 0 Å². The molecule has 2 heterocycles. The van der Waals surface area contributed by atoms with E-state index in [-0.39, 0.29) is 17.2 Å². The lowest BCUT2D eigenvalue weighted by Gasteiger charge is -2.11. The lowest BCUT2D eigenvalue weighted by molar-refractivity contribution is -0.114. The number of nitrogens with zero attached hydrogens (tertiary/aromatic N) is 3. The number of pyridine rings is 1. The van der Waals surface area contributed by atoms with Crippen LogP contribution in [0.25, 0.3) is 11.7 Å². The number of benzene rings is 1. The number of para-hydroxylation sites is 1. The molecule has 134 valence electrons. The van der Waals surface area contributed by atoms with Crippen molar-refractivity contribution in [3.8, 4) is 17.7 Å². The number of aryl methyl sites for hydroxylation is 1. The Morgan fingerprint density at radius 2 is 2.07 bits per heavy atom. The van der Waals surface area contributed by atoms with Crippen LogP contribution in [0.5, 0.6) is 11.6 Å². The average molecular weight is 364 g/mol. The first-order valence-corrected chi connectivity index (χ1v) is 7.78. The molecule has 8 heteroatoms. The van der Waals surface area contributed by atoms with Crippen LogP contribution in [0, 0.1) is 24.1 Å². The van der Waals surface area contributed by atoms with Crippen LogP contribution >= 0.6 is 0 Å². The Labute approximate surface area is 152 Å². The van der Waals surface area contributed by atoms with Crippen LogP contribution < -0.4 is 16.0 Å². The Hall–Kier alpha value is -3.99. The van der Waals surface area contributed by atoms with Gasteiger partial charge < -0.3 is 10.5 Å². The number of aromatic nitrogens is 2. The highest BCUT2D eigenvalue weighted by atomic mass is 19.1. The summed E-state index contributed by atoms with van der Waals surface area (Å²) in [5.41, 5.74) is 4.87. The van der Waals surface area contributed by atoms with E-state index in [0.717, 1.165) is 6.08 Å². The van der Waals surface area contributed by atoms with Crippen LogP contribution in [-0.4, -0.2) is 15.3 Å². The number of hydrogen-bond acceptors (Lipinski definition) is 5. The third kappa shape index (κ3) is 3.39. The third-order valence-electron chi connectivity index (χ3n) is 3.77. The Bertz CT molecular complexity index is 1190. The summed E-state index contributed by atoms with van der Waals surface area (Å²) in [6.07, 6.45) is 2.47. The molecule has 0 fully saturated rings. The highest BCUT2D eigenvalue weighted by Crippen LogP contribution is 2.26. The monoisotopic (exact) mass is 364 g/mol. The normalized spacial score (nSPS) is 11.2. The summed E-state index contributed by atoms with van der Waals surface area (Å²) in [7, 11) is 0. The van der Waals surface area contributed by atoms with E-state index < -0.39 is 22.9 Å². The van der Waals surface area contributed by atoms with Gasteiger partial charge in [0.25, 0.3) is 11.5 Å². The molecule has 0 aliphatic rings. The minimum Gasteiger partial charge on any atom is -0.435 e. The van der Waals surface area contributed by atoms with E-state index in [9.17, 15) is 14.0 Å². The number of carbonyl (C=O) groups is 1. The number of carbonyl (C=O) groups excluding carboxylic acids is 1. The predicted molar refractivity (Wildman–Crippen MR) is 95.5 cm³/mol. The predicted octanol–water partition coefficient (Wildman–Crippen LogP) is 2.33. The molecule has 27 heavy (non-hydrogen) atoms. The number of primary amides is 1. The Morgan fingerprint density at radius 1 is 1.33 bits per heavy atom. The molecule has 0 bridgehead atoms. The molecule has 0 saturated carbocycles. The number of amides is 1. The fraction of sp³-hybridized carbons (Fsp3) is 0.0526. The van der Waals surface area contributed by atoms with Crippen LogP contribution in [0.2, 0.25) is 0 Å². The van der Waals surface area contributed by atoms with Crippen LogP contribution in [0.4, 0.5) is 4.39 Å². The smallest absolute Gasteiger partial charge is 0.269 e. The molecule has 2 aromatic heterocycles. The van der Waals surface area contributed by atoms with Gasteiger partial charge in [0.2, 0.25) is 5.88 Å². The van der Waals surface area contributed by atoms with Crippen LogP contribution in [-0.2, 0) is 4.79 Å². The van der Waals surface area contributed by atoms with Crippen molar-refractivity contribution in [1.82, 2.24) is 9.38 Å². The van der Waals surface area contributed by atoms with Crippen LogP contribution in [0.3, 0.4) is 0 Å². The maximum Gasteiger partial charge on any atom is 0.269 e. The first-order valence-electron chi connectivity index (χ1n) is 7.78. The Kier molecular flexibility index (Phi) is 4.68. The van der Waals surface area contributed by atoms with Gasteiger partial charge in [0, 0.05) is 6.20 Å². The summed E-state index contributed by atoms with van der Waals surface area (Å²) in [4.78, 5) is 28.6. The maximum absolute atomic E-state index is 14.0. The molecule has 0 aliphatic heterocycles. The van der Waals surface area contributed by atoms with Crippen molar-refractivity contribution in [2.75, 3.05) is 0 Å². The van der Waals surface area contributed by atoms with Gasteiger partial charge in [0.15, 0.2) is 11.6 Å². The molecule has 3 rings (SSSR count). The lowest BCUT2D eigenvalue weighted by atomic mass is 10.1. The average Bonchev–Trinajstić information content (AvgIpc) is 2.64. The molecular formula is C19H13FN4O3. The van der Waals surface area contributed by atoms with E-state index in [4.69, 9.17) is 15.7 Å². The van der Waals surface area contributed by atoms with Crippen LogP contribution in [0.1, 0.15) is 11.1 Å². The number of hydrogen-bond donors (Lipinski definition) is 1. The SMILES string of the molecule is Cc1cccn2c(=O)c(/C=C(\C#N)C(N)=O)c(Oc3ccccc3F)nc12. The first kappa shape index (κ1) is 17.8. The van der Waals surface area contributed by atoms with Gasteiger partial charge in [0.1, 0.15) is 22.9 Å². The summed E-state index contributed by atoms with van der Waals surface area (Å²) in [6.45, 7) is 1.74. The zero-order valence-electron chi connectivity index (χ0n) is 14.1. The fourth-order valence-corrected chi connectivity index (χ4v) is 2.43. The maximum atomic E-state index is 14.0. The Balaban J connectivity index is 2.33. The summed E-state index contributed by atoms with van der Waals surface area (Å²) in [6, 6.07) is 10.6. The zero-order chi connectivity index (χ0) is 19.6. The molecule has 3 aromatic rings. The number of nitrogens with two attached hydrogens (primary N) is 1. The summed E-state index contributed by atoms with van der Waals surface area (Å²) in [5, 5.41) is 9.08. The number of halogens is 1. The van der Waals surface area contributed by atoms with Crippen molar-refractivity contribution in [2.45, 2.75) is 6.92 Å². The second-order valence-electron chi connectivity index (χ2n) is 5.59. The molecule has 0 spiro atoms. The van der Waals surface area contributed by atoms with Gasteiger partial charge in [-0.1, -0.05) is 18.2 Å². The quantitative estimate of drug-likeness (QED) is 0.564. The Morgan fingerprint density at radius 3 is 2.74 bits per heavy atom. The van der Waals surface area contributed by atoms with Gasteiger partial charge in [-0.3, -0.25) is 14.0 Å². The molecule has 0 radical (unpaired) electrons.